The molecule has 0 N–H and O–H groups in total. The fraction of sp³-hybridized carbons (Fsp3) is 0.333. The van der Waals surface area contributed by atoms with Crippen molar-refractivity contribution in [3.63, 3.8) is 0 Å². The van der Waals surface area contributed by atoms with Crippen LogP contribution < -0.4 is 4.90 Å². The number of para-hydroxylation sites is 1. The van der Waals surface area contributed by atoms with Crippen LogP contribution in [0.3, 0.4) is 0 Å². The highest BCUT2D eigenvalue weighted by Gasteiger charge is 2.36. The van der Waals surface area contributed by atoms with Gasteiger partial charge in [0.05, 0.1) is 5.88 Å². The van der Waals surface area contributed by atoms with Crippen LogP contribution in [0.5, 0.6) is 0 Å². The van der Waals surface area contributed by atoms with E-state index >= 15 is 0 Å². The second-order valence-electron chi connectivity index (χ2n) is 5.06. The van der Waals surface area contributed by atoms with Crippen molar-refractivity contribution in [1.82, 2.24) is 9.97 Å². The highest BCUT2D eigenvalue weighted by atomic mass is 35.5. The normalized spacial score (nSPS) is 14.8. The summed E-state index contributed by atoms with van der Waals surface area (Å²) in [5, 5.41) is 0. The smallest absolute Gasteiger partial charge is 0.310 e. The molecule has 0 spiro atoms. The topological polar surface area (TPSA) is 29.0 Å². The summed E-state index contributed by atoms with van der Waals surface area (Å²) in [4.78, 5) is 9.55. The molecule has 3 rings (SSSR count). The van der Waals surface area contributed by atoms with Gasteiger partial charge in [-0.05, 0) is 24.5 Å². The lowest BCUT2D eigenvalue weighted by Gasteiger charge is -2.29. The first-order chi connectivity index (χ1) is 10.5. The Labute approximate surface area is 130 Å². The molecule has 22 heavy (non-hydrogen) atoms. The quantitative estimate of drug-likeness (QED) is 0.769. The fourth-order valence-corrected chi connectivity index (χ4v) is 2.81. The molecule has 0 aliphatic carbocycles. The summed E-state index contributed by atoms with van der Waals surface area (Å²) in [7, 11) is 0. The van der Waals surface area contributed by atoms with E-state index in [1.807, 2.05) is 24.3 Å². The second kappa shape index (κ2) is 5.76. The standard InChI is InChI=1S/C15H13ClF3N3/c16-8-11-9-20-14(21-13(11)15(17,18)19)22-7-3-5-10-4-1-2-6-12(10)22/h1-2,4,6,9H,3,5,7-8H2. The zero-order valence-corrected chi connectivity index (χ0v) is 12.3. The van der Waals surface area contributed by atoms with Crippen LogP contribution in [0.4, 0.5) is 24.8 Å². The lowest BCUT2D eigenvalue weighted by molar-refractivity contribution is -0.141. The van der Waals surface area contributed by atoms with Gasteiger partial charge in [0.15, 0.2) is 5.69 Å². The molecule has 2 heterocycles. The first kappa shape index (κ1) is 15.1. The van der Waals surface area contributed by atoms with Crippen molar-refractivity contribution in [2.45, 2.75) is 24.9 Å². The molecule has 1 aromatic carbocycles. The number of rotatable bonds is 2. The number of hydrogen-bond donors (Lipinski definition) is 0. The van der Waals surface area contributed by atoms with Crippen LogP contribution in [-0.2, 0) is 18.5 Å². The Bertz CT molecular complexity index is 688. The minimum atomic E-state index is -4.54. The number of halogens is 4. The number of aryl methyl sites for hydroxylation is 1. The minimum absolute atomic E-state index is 0.0633. The van der Waals surface area contributed by atoms with Crippen molar-refractivity contribution < 1.29 is 13.2 Å². The molecule has 1 aliphatic rings. The maximum absolute atomic E-state index is 13.1. The highest BCUT2D eigenvalue weighted by molar-refractivity contribution is 6.17. The molecule has 0 unspecified atom stereocenters. The van der Waals surface area contributed by atoms with Gasteiger partial charge in [-0.15, -0.1) is 11.6 Å². The zero-order chi connectivity index (χ0) is 15.7. The maximum Gasteiger partial charge on any atom is 0.433 e. The van der Waals surface area contributed by atoms with Crippen LogP contribution >= 0.6 is 11.6 Å². The van der Waals surface area contributed by atoms with Crippen LogP contribution in [0.2, 0.25) is 0 Å². The van der Waals surface area contributed by atoms with Gasteiger partial charge in [0, 0.05) is 24.0 Å². The number of benzene rings is 1. The summed E-state index contributed by atoms with van der Waals surface area (Å²) in [5.41, 5.74) is 0.881. The summed E-state index contributed by atoms with van der Waals surface area (Å²) in [6.07, 6.45) is -1.63. The fourth-order valence-electron chi connectivity index (χ4n) is 2.61. The van der Waals surface area contributed by atoms with Gasteiger partial charge < -0.3 is 4.90 Å². The van der Waals surface area contributed by atoms with E-state index in [0.717, 1.165) is 30.3 Å². The molecule has 0 bridgehead atoms. The highest BCUT2D eigenvalue weighted by Crippen LogP contribution is 2.35. The number of hydrogen-bond acceptors (Lipinski definition) is 3. The first-order valence-corrected chi connectivity index (χ1v) is 7.38. The predicted molar refractivity (Wildman–Crippen MR) is 78.4 cm³/mol. The Morgan fingerprint density at radius 1 is 1.23 bits per heavy atom. The molecule has 116 valence electrons. The molecule has 1 aromatic heterocycles. The summed E-state index contributed by atoms with van der Waals surface area (Å²) in [6, 6.07) is 7.62. The van der Waals surface area contributed by atoms with Gasteiger partial charge in [-0.2, -0.15) is 13.2 Å². The molecule has 2 aromatic rings. The monoisotopic (exact) mass is 327 g/mol. The van der Waals surface area contributed by atoms with Crippen molar-refractivity contribution in [2.24, 2.45) is 0 Å². The first-order valence-electron chi connectivity index (χ1n) is 6.85. The number of alkyl halides is 4. The molecular formula is C15H13ClF3N3. The Morgan fingerprint density at radius 2 is 2.00 bits per heavy atom. The van der Waals surface area contributed by atoms with Crippen LogP contribution in [-0.4, -0.2) is 16.5 Å². The van der Waals surface area contributed by atoms with Crippen molar-refractivity contribution in [2.75, 3.05) is 11.4 Å². The van der Waals surface area contributed by atoms with Crippen molar-refractivity contribution in [3.8, 4) is 0 Å². The number of aromatic nitrogens is 2. The van der Waals surface area contributed by atoms with E-state index in [-0.39, 0.29) is 17.4 Å². The van der Waals surface area contributed by atoms with Crippen molar-refractivity contribution in [1.29, 1.82) is 0 Å². The molecule has 0 atom stereocenters. The molecule has 0 fully saturated rings. The Hall–Kier alpha value is -1.82. The Morgan fingerprint density at radius 3 is 2.73 bits per heavy atom. The molecule has 7 heteroatoms. The van der Waals surface area contributed by atoms with E-state index in [1.165, 1.54) is 0 Å². The molecular weight excluding hydrogens is 315 g/mol. The minimum Gasteiger partial charge on any atom is -0.310 e. The van der Waals surface area contributed by atoms with Crippen molar-refractivity contribution in [3.05, 3.63) is 47.3 Å². The number of nitrogens with zero attached hydrogens (tertiary/aromatic N) is 3. The molecule has 3 nitrogen and oxygen atoms in total. The lowest BCUT2D eigenvalue weighted by Crippen LogP contribution is -2.27. The molecule has 1 aliphatic heterocycles. The molecule has 0 amide bonds. The van der Waals surface area contributed by atoms with Gasteiger partial charge >= 0.3 is 6.18 Å². The van der Waals surface area contributed by atoms with E-state index in [4.69, 9.17) is 11.6 Å². The van der Waals surface area contributed by atoms with Crippen LogP contribution in [0.25, 0.3) is 0 Å². The summed E-state index contributed by atoms with van der Waals surface area (Å²) < 4.78 is 39.3. The van der Waals surface area contributed by atoms with Crippen LogP contribution in [0.15, 0.2) is 30.5 Å². The molecule has 0 radical (unpaired) electrons. The number of fused-ring (bicyclic) bond motifs is 1. The SMILES string of the molecule is FC(F)(F)c1nc(N2CCCc3ccccc32)ncc1CCl. The predicted octanol–water partition coefficient (Wildman–Crippen LogP) is 4.32. The van der Waals surface area contributed by atoms with Gasteiger partial charge in [0.1, 0.15) is 0 Å². The third-order valence-corrected chi connectivity index (χ3v) is 3.90. The second-order valence-corrected chi connectivity index (χ2v) is 5.33. The Balaban J connectivity index is 2.07. The molecule has 0 saturated heterocycles. The van der Waals surface area contributed by atoms with Gasteiger partial charge in [0.2, 0.25) is 5.95 Å². The lowest BCUT2D eigenvalue weighted by atomic mass is 10.0. The van der Waals surface area contributed by atoms with Crippen molar-refractivity contribution >= 4 is 23.2 Å². The van der Waals surface area contributed by atoms with Gasteiger partial charge in [-0.25, -0.2) is 9.97 Å². The third kappa shape index (κ3) is 2.75. The van der Waals surface area contributed by atoms with Gasteiger partial charge in [-0.1, -0.05) is 18.2 Å². The largest absolute Gasteiger partial charge is 0.433 e. The van der Waals surface area contributed by atoms with E-state index < -0.39 is 11.9 Å². The van der Waals surface area contributed by atoms with E-state index in [1.54, 1.807) is 4.90 Å². The van der Waals surface area contributed by atoms with Gasteiger partial charge in [-0.3, -0.25) is 0 Å². The molecule has 0 saturated carbocycles. The Kier molecular flexibility index (Phi) is 3.95. The van der Waals surface area contributed by atoms with E-state index in [2.05, 4.69) is 9.97 Å². The maximum atomic E-state index is 13.1. The van der Waals surface area contributed by atoms with Crippen LogP contribution in [0.1, 0.15) is 23.2 Å². The number of anilines is 2. The summed E-state index contributed by atoms with van der Waals surface area (Å²) in [6.45, 7) is 0.592. The average molecular weight is 328 g/mol. The summed E-state index contributed by atoms with van der Waals surface area (Å²) in [5.74, 6) is -0.209. The summed E-state index contributed by atoms with van der Waals surface area (Å²) >= 11 is 5.56. The van der Waals surface area contributed by atoms with E-state index in [9.17, 15) is 13.2 Å². The van der Waals surface area contributed by atoms with Crippen LogP contribution in [0, 0.1) is 0 Å². The average Bonchev–Trinajstić information content (AvgIpc) is 2.53. The zero-order valence-electron chi connectivity index (χ0n) is 11.6. The third-order valence-electron chi connectivity index (χ3n) is 3.62. The van der Waals surface area contributed by atoms with E-state index in [0.29, 0.717) is 6.54 Å². The van der Waals surface area contributed by atoms with Gasteiger partial charge in [0.25, 0.3) is 0 Å².